The molecule has 112 valence electrons. The van der Waals surface area contributed by atoms with Crippen LogP contribution in [0.25, 0.3) is 11.0 Å². The summed E-state index contributed by atoms with van der Waals surface area (Å²) in [7, 11) is 1.63. The Morgan fingerprint density at radius 3 is 2.48 bits per heavy atom. The average Bonchev–Trinajstić information content (AvgIpc) is 2.70. The Labute approximate surface area is 120 Å². The van der Waals surface area contributed by atoms with Crippen LogP contribution in [0.2, 0.25) is 0 Å². The lowest BCUT2D eigenvalue weighted by Gasteiger charge is -2.12. The lowest BCUT2D eigenvalue weighted by atomic mass is 10.2. The summed E-state index contributed by atoms with van der Waals surface area (Å²) in [5.41, 5.74) is 1.05. The van der Waals surface area contributed by atoms with E-state index in [0.717, 1.165) is 5.52 Å². The van der Waals surface area contributed by atoms with Crippen molar-refractivity contribution in [1.82, 2.24) is 14.5 Å². The third-order valence-electron chi connectivity index (χ3n) is 3.39. The number of imidazole rings is 1. The molecular weight excluding hydrogens is 274 g/mol. The number of carboxylic acids is 1. The molecule has 1 amide bonds. The van der Waals surface area contributed by atoms with Crippen LogP contribution in [-0.2, 0) is 23.2 Å². The third kappa shape index (κ3) is 2.81. The van der Waals surface area contributed by atoms with E-state index < -0.39 is 17.9 Å². The summed E-state index contributed by atoms with van der Waals surface area (Å²) in [6.45, 7) is 1.47. The van der Waals surface area contributed by atoms with Crippen molar-refractivity contribution in [3.8, 4) is 0 Å². The number of amides is 1. The number of rotatable bonds is 5. The molecule has 21 heavy (non-hydrogen) atoms. The molecule has 1 unspecified atom stereocenters. The van der Waals surface area contributed by atoms with Gasteiger partial charge in [0.15, 0.2) is 0 Å². The van der Waals surface area contributed by atoms with Crippen LogP contribution in [0, 0.1) is 0 Å². The lowest BCUT2D eigenvalue weighted by Crippen LogP contribution is -2.42. The zero-order valence-electron chi connectivity index (χ0n) is 11.9. The van der Waals surface area contributed by atoms with E-state index in [-0.39, 0.29) is 18.7 Å². The number of para-hydroxylation sites is 2. The molecule has 2 rings (SSSR count). The van der Waals surface area contributed by atoms with Crippen LogP contribution in [0.1, 0.15) is 13.3 Å². The normalized spacial score (nSPS) is 12.3. The van der Waals surface area contributed by atoms with Gasteiger partial charge >= 0.3 is 11.7 Å². The largest absolute Gasteiger partial charge is 0.480 e. The molecule has 1 aromatic carbocycles. The van der Waals surface area contributed by atoms with Gasteiger partial charge in [0, 0.05) is 7.05 Å². The summed E-state index contributed by atoms with van der Waals surface area (Å²) < 4.78 is 2.79. The molecule has 2 aromatic rings. The standard InChI is InChI=1S/C14H17N3O4/c1-3-9(13(19)20)15-12(18)8-17-11-7-5-4-6-10(11)16(2)14(17)21/h4-7,9H,3,8H2,1-2H3,(H,15,18)(H,19,20). The van der Waals surface area contributed by atoms with Crippen LogP contribution in [0.3, 0.4) is 0 Å². The van der Waals surface area contributed by atoms with Crippen molar-refractivity contribution in [3.05, 3.63) is 34.7 Å². The quantitative estimate of drug-likeness (QED) is 0.829. The molecule has 2 N–H and O–H groups in total. The van der Waals surface area contributed by atoms with Crippen LogP contribution < -0.4 is 11.0 Å². The first-order valence-electron chi connectivity index (χ1n) is 6.62. The molecule has 0 aliphatic heterocycles. The number of carboxylic acid groups (broad SMARTS) is 1. The van der Waals surface area contributed by atoms with Crippen LogP contribution >= 0.6 is 0 Å². The summed E-state index contributed by atoms with van der Waals surface area (Å²) in [5.74, 6) is -1.58. The van der Waals surface area contributed by atoms with Crippen LogP contribution in [-0.4, -0.2) is 32.2 Å². The van der Waals surface area contributed by atoms with Crippen LogP contribution in [0.4, 0.5) is 0 Å². The first kappa shape index (κ1) is 14.8. The van der Waals surface area contributed by atoms with Crippen LogP contribution in [0.15, 0.2) is 29.1 Å². The molecule has 1 atom stereocenters. The molecule has 0 saturated carbocycles. The van der Waals surface area contributed by atoms with Gasteiger partial charge in [-0.15, -0.1) is 0 Å². The second kappa shape index (κ2) is 5.82. The molecule has 1 heterocycles. The van der Waals surface area contributed by atoms with E-state index in [0.29, 0.717) is 5.52 Å². The Kier molecular flexibility index (Phi) is 4.11. The number of fused-ring (bicyclic) bond motifs is 1. The van der Waals surface area contributed by atoms with Gasteiger partial charge in [-0.1, -0.05) is 19.1 Å². The molecule has 0 spiro atoms. The fourth-order valence-electron chi connectivity index (χ4n) is 2.24. The Morgan fingerprint density at radius 2 is 1.90 bits per heavy atom. The van der Waals surface area contributed by atoms with Crippen LogP contribution in [0.5, 0.6) is 0 Å². The van der Waals surface area contributed by atoms with Crippen molar-refractivity contribution in [2.45, 2.75) is 25.9 Å². The van der Waals surface area contributed by atoms with Crippen molar-refractivity contribution >= 4 is 22.9 Å². The number of carbonyl (C=O) groups excluding carboxylic acids is 1. The summed E-state index contributed by atoms with van der Waals surface area (Å²) in [6.07, 6.45) is 0.283. The van der Waals surface area contributed by atoms with Gasteiger partial charge in [0.1, 0.15) is 12.6 Å². The van der Waals surface area contributed by atoms with Gasteiger partial charge < -0.3 is 10.4 Å². The maximum absolute atomic E-state index is 12.1. The van der Waals surface area contributed by atoms with Gasteiger partial charge in [-0.25, -0.2) is 9.59 Å². The first-order chi connectivity index (χ1) is 9.95. The van der Waals surface area contributed by atoms with Crippen molar-refractivity contribution < 1.29 is 14.7 Å². The Morgan fingerprint density at radius 1 is 1.29 bits per heavy atom. The van der Waals surface area contributed by atoms with Crippen molar-refractivity contribution in [1.29, 1.82) is 0 Å². The predicted octanol–water partition coefficient (Wildman–Crippen LogP) is 0.319. The van der Waals surface area contributed by atoms with E-state index >= 15 is 0 Å². The second-order valence-electron chi connectivity index (χ2n) is 4.78. The monoisotopic (exact) mass is 291 g/mol. The zero-order valence-corrected chi connectivity index (χ0v) is 11.9. The molecular formula is C14H17N3O4. The molecule has 0 saturated heterocycles. The SMILES string of the molecule is CCC(NC(=O)Cn1c(=O)n(C)c2ccccc21)C(=O)O. The summed E-state index contributed by atoms with van der Waals surface area (Å²) >= 11 is 0. The van der Waals surface area contributed by atoms with E-state index in [4.69, 9.17) is 5.11 Å². The van der Waals surface area contributed by atoms with E-state index in [1.807, 2.05) is 6.07 Å². The second-order valence-corrected chi connectivity index (χ2v) is 4.78. The van der Waals surface area contributed by atoms with Gasteiger partial charge in [-0.2, -0.15) is 0 Å². The number of benzene rings is 1. The number of hydrogen-bond acceptors (Lipinski definition) is 3. The van der Waals surface area contributed by atoms with Gasteiger partial charge in [-0.05, 0) is 18.6 Å². The minimum absolute atomic E-state index is 0.204. The molecule has 0 aliphatic carbocycles. The smallest absolute Gasteiger partial charge is 0.329 e. The first-order valence-corrected chi connectivity index (χ1v) is 6.62. The number of aryl methyl sites for hydroxylation is 1. The minimum Gasteiger partial charge on any atom is -0.480 e. The predicted molar refractivity (Wildman–Crippen MR) is 77.0 cm³/mol. The third-order valence-corrected chi connectivity index (χ3v) is 3.39. The molecule has 0 aliphatic rings. The zero-order chi connectivity index (χ0) is 15.6. The summed E-state index contributed by atoms with van der Waals surface area (Å²) in [5, 5.41) is 11.3. The molecule has 7 heteroatoms. The van der Waals surface area contributed by atoms with Crippen molar-refractivity contribution in [2.24, 2.45) is 7.05 Å². The summed E-state index contributed by atoms with van der Waals surface area (Å²) in [4.78, 5) is 35.0. The Bertz CT molecular complexity index is 744. The number of aliphatic carboxylic acids is 1. The number of nitrogens with one attached hydrogen (secondary N) is 1. The average molecular weight is 291 g/mol. The molecule has 0 bridgehead atoms. The fourth-order valence-corrected chi connectivity index (χ4v) is 2.24. The molecule has 0 fully saturated rings. The van der Waals surface area contributed by atoms with Gasteiger partial charge in [0.05, 0.1) is 11.0 Å². The number of aromatic nitrogens is 2. The maximum Gasteiger partial charge on any atom is 0.329 e. The highest BCUT2D eigenvalue weighted by atomic mass is 16.4. The fraction of sp³-hybridized carbons (Fsp3) is 0.357. The molecule has 0 radical (unpaired) electrons. The van der Waals surface area contributed by atoms with E-state index in [1.165, 1.54) is 9.13 Å². The van der Waals surface area contributed by atoms with E-state index in [1.54, 1.807) is 32.2 Å². The van der Waals surface area contributed by atoms with Crippen molar-refractivity contribution in [2.75, 3.05) is 0 Å². The highest BCUT2D eigenvalue weighted by Gasteiger charge is 2.19. The summed E-state index contributed by atoms with van der Waals surface area (Å²) in [6, 6.07) is 6.19. The highest BCUT2D eigenvalue weighted by Crippen LogP contribution is 2.11. The van der Waals surface area contributed by atoms with E-state index in [2.05, 4.69) is 5.32 Å². The molecule has 1 aromatic heterocycles. The van der Waals surface area contributed by atoms with Gasteiger partial charge in [0.25, 0.3) is 0 Å². The highest BCUT2D eigenvalue weighted by molar-refractivity contribution is 5.85. The Balaban J connectivity index is 2.28. The lowest BCUT2D eigenvalue weighted by molar-refractivity contribution is -0.142. The number of carbonyl (C=O) groups is 2. The minimum atomic E-state index is -1.09. The van der Waals surface area contributed by atoms with Crippen molar-refractivity contribution in [3.63, 3.8) is 0 Å². The van der Waals surface area contributed by atoms with E-state index in [9.17, 15) is 14.4 Å². The number of nitrogens with zero attached hydrogens (tertiary/aromatic N) is 2. The maximum atomic E-state index is 12.1. The molecule has 7 nitrogen and oxygen atoms in total. The number of hydrogen-bond donors (Lipinski definition) is 2. The Hall–Kier alpha value is -2.57. The van der Waals surface area contributed by atoms with Gasteiger partial charge in [-0.3, -0.25) is 13.9 Å². The topological polar surface area (TPSA) is 93.3 Å². The van der Waals surface area contributed by atoms with Gasteiger partial charge in [0.2, 0.25) is 5.91 Å².